The van der Waals surface area contributed by atoms with E-state index in [0.717, 1.165) is 10.5 Å². The zero-order chi connectivity index (χ0) is 19.7. The van der Waals surface area contributed by atoms with Crippen LogP contribution in [-0.2, 0) is 7.05 Å². The molecule has 28 heavy (non-hydrogen) atoms. The Morgan fingerprint density at radius 2 is 1.75 bits per heavy atom. The van der Waals surface area contributed by atoms with E-state index in [9.17, 15) is 8.78 Å². The fourth-order valence-corrected chi connectivity index (χ4v) is 3.19. The Morgan fingerprint density at radius 3 is 2.39 bits per heavy atom. The van der Waals surface area contributed by atoms with Gasteiger partial charge in [-0.1, -0.05) is 0 Å². The summed E-state index contributed by atoms with van der Waals surface area (Å²) in [5.74, 6) is 0.445. The first-order chi connectivity index (χ1) is 13.5. The van der Waals surface area contributed by atoms with E-state index in [-0.39, 0.29) is 5.89 Å². The predicted octanol–water partition coefficient (Wildman–Crippen LogP) is 3.60. The Balaban J connectivity index is 1.52. The number of rotatable bonds is 5. The molecule has 0 bridgehead atoms. The van der Waals surface area contributed by atoms with Gasteiger partial charge in [0.25, 0.3) is 5.89 Å². The molecule has 11 heteroatoms. The SMILES string of the molecule is Cn1c(Sc2ccc(-c3nnc(C(F)F)o3)cc2)nnc1-c1ccc(N)nc1. The zero-order valence-electron chi connectivity index (χ0n) is 14.5. The third-order valence-corrected chi connectivity index (χ3v) is 4.86. The Hall–Kier alpha value is -3.34. The second kappa shape index (κ2) is 7.35. The highest BCUT2D eigenvalue weighted by atomic mass is 32.2. The molecule has 0 aliphatic carbocycles. The van der Waals surface area contributed by atoms with Crippen LogP contribution in [0.3, 0.4) is 0 Å². The molecule has 0 aliphatic heterocycles. The first-order valence-electron chi connectivity index (χ1n) is 8.02. The summed E-state index contributed by atoms with van der Waals surface area (Å²) < 4.78 is 31.9. The highest BCUT2D eigenvalue weighted by Gasteiger charge is 2.17. The van der Waals surface area contributed by atoms with Crippen LogP contribution in [0.15, 0.2) is 57.1 Å². The largest absolute Gasteiger partial charge is 0.415 e. The van der Waals surface area contributed by atoms with Crippen molar-refractivity contribution >= 4 is 17.6 Å². The third-order valence-electron chi connectivity index (χ3n) is 3.82. The molecule has 3 heterocycles. The van der Waals surface area contributed by atoms with Crippen LogP contribution in [0.5, 0.6) is 0 Å². The van der Waals surface area contributed by atoms with Crippen molar-refractivity contribution in [2.75, 3.05) is 5.73 Å². The first kappa shape index (κ1) is 18.0. The molecule has 0 saturated heterocycles. The molecule has 8 nitrogen and oxygen atoms in total. The molecule has 0 fully saturated rings. The van der Waals surface area contributed by atoms with Gasteiger partial charge >= 0.3 is 6.43 Å². The topological polar surface area (TPSA) is 109 Å². The van der Waals surface area contributed by atoms with Gasteiger partial charge in [-0.3, -0.25) is 0 Å². The van der Waals surface area contributed by atoms with Crippen molar-refractivity contribution in [1.82, 2.24) is 29.9 Å². The van der Waals surface area contributed by atoms with Crippen LogP contribution in [-0.4, -0.2) is 29.9 Å². The van der Waals surface area contributed by atoms with Gasteiger partial charge in [-0.15, -0.1) is 20.4 Å². The van der Waals surface area contributed by atoms with Crippen LogP contribution in [0, 0.1) is 0 Å². The smallest absolute Gasteiger partial charge is 0.314 e. The van der Waals surface area contributed by atoms with E-state index in [1.54, 1.807) is 24.4 Å². The van der Waals surface area contributed by atoms with Gasteiger partial charge < -0.3 is 14.7 Å². The summed E-state index contributed by atoms with van der Waals surface area (Å²) in [5.41, 5.74) is 6.96. The van der Waals surface area contributed by atoms with Gasteiger partial charge in [0.2, 0.25) is 5.89 Å². The summed E-state index contributed by atoms with van der Waals surface area (Å²) in [7, 11) is 1.85. The summed E-state index contributed by atoms with van der Waals surface area (Å²) in [6, 6.07) is 10.6. The van der Waals surface area contributed by atoms with Crippen molar-refractivity contribution in [2.45, 2.75) is 16.5 Å². The lowest BCUT2D eigenvalue weighted by Gasteiger charge is -2.04. The molecule has 142 valence electrons. The van der Waals surface area contributed by atoms with Crippen LogP contribution >= 0.6 is 11.8 Å². The molecule has 0 saturated carbocycles. The maximum atomic E-state index is 12.6. The zero-order valence-corrected chi connectivity index (χ0v) is 15.3. The van der Waals surface area contributed by atoms with Crippen LogP contribution in [0.4, 0.5) is 14.6 Å². The number of benzene rings is 1. The molecule has 0 unspecified atom stereocenters. The Labute approximate surface area is 161 Å². The Morgan fingerprint density at radius 1 is 1.00 bits per heavy atom. The van der Waals surface area contributed by atoms with E-state index in [2.05, 4.69) is 25.4 Å². The minimum atomic E-state index is -2.79. The number of alkyl halides is 2. The lowest BCUT2D eigenvalue weighted by molar-refractivity contribution is 0.116. The van der Waals surface area contributed by atoms with E-state index in [0.29, 0.717) is 22.4 Å². The average molecular weight is 401 g/mol. The van der Waals surface area contributed by atoms with E-state index in [1.165, 1.54) is 11.8 Å². The number of nitrogens with two attached hydrogens (primary N) is 1. The molecule has 2 N–H and O–H groups in total. The first-order valence-corrected chi connectivity index (χ1v) is 8.84. The molecule has 1 aromatic carbocycles. The molecule has 0 atom stereocenters. The van der Waals surface area contributed by atoms with Gasteiger partial charge in [-0.2, -0.15) is 8.78 Å². The molecule has 0 radical (unpaired) electrons. The molecule has 0 amide bonds. The van der Waals surface area contributed by atoms with E-state index < -0.39 is 12.3 Å². The number of halogens is 2. The number of pyridine rings is 1. The van der Waals surface area contributed by atoms with Gasteiger partial charge in [-0.25, -0.2) is 4.98 Å². The molecular weight excluding hydrogens is 388 g/mol. The summed E-state index contributed by atoms with van der Waals surface area (Å²) in [4.78, 5) is 4.95. The minimum absolute atomic E-state index is 0.0450. The second-order valence-corrected chi connectivity index (χ2v) is 6.75. The van der Waals surface area contributed by atoms with Crippen molar-refractivity contribution in [3.8, 4) is 22.8 Å². The fraction of sp³-hybridized carbons (Fsp3) is 0.118. The van der Waals surface area contributed by atoms with E-state index in [4.69, 9.17) is 10.2 Å². The number of nitrogen functional groups attached to an aromatic ring is 1. The minimum Gasteiger partial charge on any atom is -0.415 e. The fourth-order valence-electron chi connectivity index (χ4n) is 2.40. The van der Waals surface area contributed by atoms with Crippen molar-refractivity contribution in [3.63, 3.8) is 0 Å². The van der Waals surface area contributed by atoms with Crippen molar-refractivity contribution in [1.29, 1.82) is 0 Å². The van der Waals surface area contributed by atoms with Gasteiger partial charge in [-0.05, 0) is 48.2 Å². The normalized spacial score (nSPS) is 11.3. The summed E-state index contributed by atoms with van der Waals surface area (Å²) >= 11 is 1.40. The predicted molar refractivity (Wildman–Crippen MR) is 97.5 cm³/mol. The van der Waals surface area contributed by atoms with Crippen LogP contribution in [0.25, 0.3) is 22.8 Å². The summed E-state index contributed by atoms with van der Waals surface area (Å²) in [6.07, 6.45) is -1.15. The molecule has 3 aromatic heterocycles. The Kier molecular flexibility index (Phi) is 4.74. The van der Waals surface area contributed by atoms with Crippen LogP contribution in [0.2, 0.25) is 0 Å². The average Bonchev–Trinajstić information content (AvgIpc) is 3.32. The van der Waals surface area contributed by atoms with Gasteiger partial charge in [0.05, 0.1) is 0 Å². The maximum Gasteiger partial charge on any atom is 0.314 e. The maximum absolute atomic E-state index is 12.6. The Bertz CT molecular complexity index is 1090. The van der Waals surface area contributed by atoms with Crippen molar-refractivity contribution in [2.24, 2.45) is 7.05 Å². The summed E-state index contributed by atoms with van der Waals surface area (Å²) in [5, 5.41) is 16.0. The quantitative estimate of drug-likeness (QED) is 0.540. The van der Waals surface area contributed by atoms with Crippen molar-refractivity contribution < 1.29 is 13.2 Å². The number of nitrogens with zero attached hydrogens (tertiary/aromatic N) is 6. The molecule has 4 aromatic rings. The summed E-state index contributed by atoms with van der Waals surface area (Å²) in [6.45, 7) is 0. The monoisotopic (exact) mass is 401 g/mol. The molecule has 0 aliphatic rings. The molecular formula is C17H13F2N7OS. The van der Waals surface area contributed by atoms with Gasteiger partial charge in [0.15, 0.2) is 11.0 Å². The highest BCUT2D eigenvalue weighted by molar-refractivity contribution is 7.99. The highest BCUT2D eigenvalue weighted by Crippen LogP contribution is 2.30. The number of anilines is 1. The number of hydrogen-bond donors (Lipinski definition) is 1. The van der Waals surface area contributed by atoms with E-state index >= 15 is 0 Å². The van der Waals surface area contributed by atoms with Crippen LogP contribution < -0.4 is 5.73 Å². The second-order valence-electron chi connectivity index (χ2n) is 5.71. The lowest BCUT2D eigenvalue weighted by atomic mass is 10.2. The lowest BCUT2D eigenvalue weighted by Crippen LogP contribution is -1.96. The number of hydrogen-bond acceptors (Lipinski definition) is 8. The molecule has 0 spiro atoms. The number of aromatic nitrogens is 6. The van der Waals surface area contributed by atoms with Gasteiger partial charge in [0.1, 0.15) is 5.82 Å². The van der Waals surface area contributed by atoms with Crippen LogP contribution in [0.1, 0.15) is 12.3 Å². The van der Waals surface area contributed by atoms with Crippen molar-refractivity contribution in [3.05, 3.63) is 48.5 Å². The third kappa shape index (κ3) is 3.56. The van der Waals surface area contributed by atoms with Gasteiger partial charge in [0, 0.05) is 29.3 Å². The molecule has 4 rings (SSSR count). The standard InChI is InChI=1S/C17H13F2N7OS/c1-26-14(10-4-7-12(20)21-8-10)22-25-17(26)28-11-5-2-9(3-6-11)15-23-24-16(27-15)13(18)19/h2-8,13H,1H3,(H2,20,21). The van der Waals surface area contributed by atoms with E-state index in [1.807, 2.05) is 29.8 Å².